The van der Waals surface area contributed by atoms with Crippen molar-refractivity contribution in [2.24, 2.45) is 0 Å². The van der Waals surface area contributed by atoms with Crippen LogP contribution in [0.25, 0.3) is 93.6 Å². The number of anilines is 3. The molecule has 286 valence electrons. The lowest BCUT2D eigenvalue weighted by Crippen LogP contribution is -2.10. The molecular weight excluding hydrogens is 741 g/mol. The van der Waals surface area contributed by atoms with Gasteiger partial charge in [-0.2, -0.15) is 0 Å². The van der Waals surface area contributed by atoms with E-state index >= 15 is 0 Å². The summed E-state index contributed by atoms with van der Waals surface area (Å²) >= 11 is 0. The molecule has 10 aromatic carbocycles. The van der Waals surface area contributed by atoms with E-state index in [1.165, 1.54) is 60.5 Å². The summed E-state index contributed by atoms with van der Waals surface area (Å²) in [5, 5.41) is 7.22. The molecule has 0 amide bonds. The molecule has 0 aliphatic rings. The lowest BCUT2D eigenvalue weighted by molar-refractivity contribution is 0.669. The Bertz CT molecular complexity index is 3520. The Morgan fingerprint density at radius 1 is 0.344 bits per heavy atom. The predicted octanol–water partition coefficient (Wildman–Crippen LogP) is 16.3. The number of rotatable bonds is 7. The van der Waals surface area contributed by atoms with Gasteiger partial charge in [-0.05, 0) is 99.3 Å². The first kappa shape index (κ1) is 34.9. The molecule has 0 saturated carbocycles. The van der Waals surface area contributed by atoms with E-state index in [4.69, 9.17) is 4.42 Å². The molecule has 0 radical (unpaired) electrons. The second-order valence-corrected chi connectivity index (χ2v) is 15.7. The van der Waals surface area contributed by atoms with Crippen LogP contribution < -0.4 is 4.90 Å². The summed E-state index contributed by atoms with van der Waals surface area (Å²) in [6.07, 6.45) is 0. The highest BCUT2D eigenvalue weighted by atomic mass is 16.3. The molecular formula is C58H38N2O. The zero-order chi connectivity index (χ0) is 40.3. The number of nitrogens with zero attached hydrogens (tertiary/aromatic N) is 2. The number of aromatic nitrogens is 1. The Kier molecular flexibility index (Phi) is 8.17. The van der Waals surface area contributed by atoms with Crippen molar-refractivity contribution in [3.63, 3.8) is 0 Å². The largest absolute Gasteiger partial charge is 0.454 e. The zero-order valence-electron chi connectivity index (χ0n) is 33.2. The van der Waals surface area contributed by atoms with Crippen LogP contribution in [0.1, 0.15) is 0 Å². The van der Waals surface area contributed by atoms with Gasteiger partial charge < -0.3 is 13.9 Å². The fourth-order valence-corrected chi connectivity index (χ4v) is 9.25. The van der Waals surface area contributed by atoms with E-state index in [0.29, 0.717) is 0 Å². The molecule has 0 aliphatic carbocycles. The number of furan rings is 1. The van der Waals surface area contributed by atoms with Crippen molar-refractivity contribution in [2.75, 3.05) is 4.90 Å². The van der Waals surface area contributed by atoms with Gasteiger partial charge in [-0.3, -0.25) is 0 Å². The lowest BCUT2D eigenvalue weighted by atomic mass is 9.98. The maximum atomic E-state index is 6.61. The topological polar surface area (TPSA) is 21.3 Å². The molecule has 2 aromatic heterocycles. The summed E-state index contributed by atoms with van der Waals surface area (Å²) in [5.41, 5.74) is 15.5. The van der Waals surface area contributed by atoms with Crippen molar-refractivity contribution < 1.29 is 4.42 Å². The van der Waals surface area contributed by atoms with E-state index in [0.717, 1.165) is 50.1 Å². The fourth-order valence-electron chi connectivity index (χ4n) is 9.25. The van der Waals surface area contributed by atoms with E-state index in [1.54, 1.807) is 0 Å². The summed E-state index contributed by atoms with van der Waals surface area (Å²) in [6, 6.07) is 82.8. The number of hydrogen-bond acceptors (Lipinski definition) is 2. The average Bonchev–Trinajstić information content (AvgIpc) is 3.89. The van der Waals surface area contributed by atoms with Gasteiger partial charge in [0.15, 0.2) is 5.58 Å². The number of para-hydroxylation sites is 5. The molecule has 61 heavy (non-hydrogen) atoms. The third-order valence-electron chi connectivity index (χ3n) is 12.2. The van der Waals surface area contributed by atoms with Crippen LogP contribution in [-0.4, -0.2) is 4.57 Å². The molecule has 3 nitrogen and oxygen atoms in total. The second-order valence-electron chi connectivity index (χ2n) is 15.7. The van der Waals surface area contributed by atoms with Crippen molar-refractivity contribution in [1.29, 1.82) is 0 Å². The predicted molar refractivity (Wildman–Crippen MR) is 257 cm³/mol. The van der Waals surface area contributed by atoms with Crippen LogP contribution in [0.4, 0.5) is 17.1 Å². The van der Waals surface area contributed by atoms with Gasteiger partial charge in [0, 0.05) is 38.5 Å². The molecule has 12 aromatic rings. The highest BCUT2D eigenvalue weighted by Gasteiger charge is 2.20. The second kappa shape index (κ2) is 14.3. The summed E-state index contributed by atoms with van der Waals surface area (Å²) in [6.45, 7) is 0. The Morgan fingerprint density at radius 2 is 0.852 bits per heavy atom. The maximum absolute atomic E-state index is 6.61. The van der Waals surface area contributed by atoms with Crippen LogP contribution in [0.3, 0.4) is 0 Å². The molecule has 0 spiro atoms. The summed E-state index contributed by atoms with van der Waals surface area (Å²) < 4.78 is 9.02. The van der Waals surface area contributed by atoms with Crippen LogP contribution in [0.15, 0.2) is 235 Å². The van der Waals surface area contributed by atoms with E-state index < -0.39 is 0 Å². The van der Waals surface area contributed by atoms with Gasteiger partial charge in [-0.15, -0.1) is 0 Å². The Morgan fingerprint density at radius 3 is 1.56 bits per heavy atom. The third-order valence-corrected chi connectivity index (χ3v) is 12.2. The minimum Gasteiger partial charge on any atom is -0.454 e. The highest BCUT2D eigenvalue weighted by molar-refractivity contribution is 6.11. The quantitative estimate of drug-likeness (QED) is 0.161. The molecule has 0 fully saturated rings. The molecule has 0 aliphatic heterocycles. The van der Waals surface area contributed by atoms with E-state index in [-0.39, 0.29) is 0 Å². The van der Waals surface area contributed by atoms with Crippen LogP contribution in [0.2, 0.25) is 0 Å². The zero-order valence-corrected chi connectivity index (χ0v) is 33.2. The van der Waals surface area contributed by atoms with Crippen molar-refractivity contribution >= 4 is 71.6 Å². The minimum absolute atomic E-state index is 0.864. The van der Waals surface area contributed by atoms with E-state index in [1.807, 2.05) is 12.1 Å². The van der Waals surface area contributed by atoms with Crippen molar-refractivity contribution in [2.45, 2.75) is 0 Å². The van der Waals surface area contributed by atoms with E-state index in [9.17, 15) is 0 Å². The van der Waals surface area contributed by atoms with E-state index in [2.05, 4.69) is 228 Å². The number of hydrogen-bond donors (Lipinski definition) is 0. The third kappa shape index (κ3) is 5.90. The Hall–Kier alpha value is -8.14. The van der Waals surface area contributed by atoms with Gasteiger partial charge >= 0.3 is 0 Å². The average molecular weight is 779 g/mol. The maximum Gasteiger partial charge on any atom is 0.159 e. The first-order chi connectivity index (χ1) is 30.2. The summed E-state index contributed by atoms with van der Waals surface area (Å²) in [7, 11) is 0. The number of benzene rings is 10. The Labute approximate surface area is 353 Å². The van der Waals surface area contributed by atoms with Gasteiger partial charge in [-0.25, -0.2) is 0 Å². The molecule has 0 bridgehead atoms. The normalized spacial score (nSPS) is 11.6. The van der Waals surface area contributed by atoms with Crippen LogP contribution >= 0.6 is 0 Å². The van der Waals surface area contributed by atoms with Crippen molar-refractivity contribution in [3.8, 4) is 39.1 Å². The molecule has 12 rings (SSSR count). The van der Waals surface area contributed by atoms with Crippen LogP contribution in [0.5, 0.6) is 0 Å². The van der Waals surface area contributed by atoms with Crippen molar-refractivity contribution in [1.82, 2.24) is 4.57 Å². The first-order valence-corrected chi connectivity index (χ1v) is 20.8. The lowest BCUT2D eigenvalue weighted by Gasteiger charge is -2.26. The van der Waals surface area contributed by atoms with Crippen molar-refractivity contribution in [3.05, 3.63) is 231 Å². The SMILES string of the molecule is c1ccc(-n2c3ccccc3c3ccccc32)c(-c2ccc(-c3ccc(N(c4ccc(-c5ccc6ccccc6c5)cc4)c4cccc5c4oc4ccccc45)cc3)cc2)c1. The molecule has 2 heterocycles. The van der Waals surface area contributed by atoms with Gasteiger partial charge in [0.05, 0.1) is 22.4 Å². The molecule has 0 N–H and O–H groups in total. The molecule has 0 unspecified atom stereocenters. The van der Waals surface area contributed by atoms with Crippen LogP contribution in [0, 0.1) is 0 Å². The minimum atomic E-state index is 0.864. The monoisotopic (exact) mass is 778 g/mol. The number of fused-ring (bicyclic) bond motifs is 7. The first-order valence-electron chi connectivity index (χ1n) is 20.8. The highest BCUT2D eigenvalue weighted by Crippen LogP contribution is 2.43. The molecule has 0 atom stereocenters. The molecule has 3 heteroatoms. The fraction of sp³-hybridized carbons (Fsp3) is 0. The van der Waals surface area contributed by atoms with Gasteiger partial charge in [0.25, 0.3) is 0 Å². The van der Waals surface area contributed by atoms with Gasteiger partial charge in [0.2, 0.25) is 0 Å². The molecule has 0 saturated heterocycles. The Balaban J connectivity index is 0.912. The summed E-state index contributed by atoms with van der Waals surface area (Å²) in [5.74, 6) is 0. The smallest absolute Gasteiger partial charge is 0.159 e. The van der Waals surface area contributed by atoms with Crippen LogP contribution in [-0.2, 0) is 0 Å². The standard InChI is InChI=1S/C58H38N2O/c1-2-13-44-38-45(29-26-39(44)12-1)42-32-36-47(37-33-42)59(56-22-11-18-52-51-17-6-10-23-57(51)61-58(52)56)46-34-30-41(31-35-46)40-24-27-43(28-25-40)48-14-3-7-19-53(48)60-54-20-8-4-15-49(54)50-16-5-9-21-55(50)60/h1-38H. The summed E-state index contributed by atoms with van der Waals surface area (Å²) in [4.78, 5) is 2.31. The van der Waals surface area contributed by atoms with Gasteiger partial charge in [-0.1, -0.05) is 170 Å². The van der Waals surface area contributed by atoms with Gasteiger partial charge in [0.1, 0.15) is 5.58 Å².